The first-order valence-electron chi connectivity index (χ1n) is 12.3. The summed E-state index contributed by atoms with van der Waals surface area (Å²) in [6.07, 6.45) is 10.1. The molecule has 0 bridgehead atoms. The van der Waals surface area contributed by atoms with Crippen molar-refractivity contribution in [2.24, 2.45) is 0 Å². The van der Waals surface area contributed by atoms with Crippen LogP contribution in [0.3, 0.4) is 0 Å². The lowest BCUT2D eigenvalue weighted by Gasteiger charge is -2.32. The van der Waals surface area contributed by atoms with Gasteiger partial charge < -0.3 is 18.6 Å². The first-order chi connectivity index (χ1) is 18.5. The lowest BCUT2D eigenvalue weighted by atomic mass is 10.1. The highest BCUT2D eigenvalue weighted by atomic mass is 127. The van der Waals surface area contributed by atoms with Crippen LogP contribution in [0.4, 0.5) is 10.3 Å². The predicted molar refractivity (Wildman–Crippen MR) is 147 cm³/mol. The summed E-state index contributed by atoms with van der Waals surface area (Å²) in [6, 6.07) is 4.77. The Bertz CT molecular complexity index is 1600. The minimum absolute atomic E-state index is 0.0518. The van der Waals surface area contributed by atoms with Crippen molar-refractivity contribution in [2.45, 2.75) is 39.2 Å². The van der Waals surface area contributed by atoms with E-state index in [1.165, 1.54) is 18.5 Å². The van der Waals surface area contributed by atoms with Crippen LogP contribution in [0.25, 0.3) is 22.5 Å². The Balaban J connectivity index is 1.22. The molecule has 194 valence electrons. The summed E-state index contributed by atoms with van der Waals surface area (Å²) in [4.78, 5) is 20.2. The second-order valence-electron chi connectivity index (χ2n) is 9.10. The summed E-state index contributed by atoms with van der Waals surface area (Å²) in [6.45, 7) is 5.47. The maximum absolute atomic E-state index is 15.0. The van der Waals surface area contributed by atoms with Crippen molar-refractivity contribution in [3.05, 3.63) is 64.0 Å². The van der Waals surface area contributed by atoms with Gasteiger partial charge in [-0.15, -0.1) is 10.2 Å². The zero-order valence-corrected chi connectivity index (χ0v) is 23.0. The van der Waals surface area contributed by atoms with Gasteiger partial charge in [-0.25, -0.2) is 24.3 Å². The van der Waals surface area contributed by atoms with Gasteiger partial charge in [-0.2, -0.15) is 0 Å². The molecule has 1 fully saturated rings. The lowest BCUT2D eigenvalue weighted by Crippen LogP contribution is -2.35. The highest BCUT2D eigenvalue weighted by Crippen LogP contribution is 2.36. The van der Waals surface area contributed by atoms with Crippen LogP contribution in [-0.2, 0) is 6.42 Å². The van der Waals surface area contributed by atoms with Gasteiger partial charge in [0.2, 0.25) is 23.6 Å². The van der Waals surface area contributed by atoms with Crippen LogP contribution in [0.5, 0.6) is 11.6 Å². The Morgan fingerprint density at radius 3 is 2.58 bits per heavy atom. The Hall–Kier alpha value is -3.68. The second-order valence-corrected chi connectivity index (χ2v) is 10.3. The van der Waals surface area contributed by atoms with E-state index in [0.29, 0.717) is 17.3 Å². The molecule has 1 aliphatic rings. The molecule has 5 heterocycles. The van der Waals surface area contributed by atoms with Crippen LogP contribution in [0.2, 0.25) is 0 Å². The predicted octanol–water partition coefficient (Wildman–Crippen LogP) is 5.52. The molecule has 5 aromatic rings. The molecule has 0 saturated carbocycles. The summed E-state index contributed by atoms with van der Waals surface area (Å²) in [5.41, 5.74) is 2.37. The highest BCUT2D eigenvalue weighted by molar-refractivity contribution is 14.1. The molecular weight excluding hydrogens is 602 g/mol. The third-order valence-corrected chi connectivity index (χ3v) is 7.50. The molecule has 12 heteroatoms. The molecule has 4 aromatic heterocycles. The van der Waals surface area contributed by atoms with Crippen LogP contribution >= 0.6 is 22.6 Å². The number of hydrogen-bond acceptors (Lipinski definition) is 9. The van der Waals surface area contributed by atoms with Crippen molar-refractivity contribution in [3.63, 3.8) is 0 Å². The number of piperidine rings is 1. The highest BCUT2D eigenvalue weighted by Gasteiger charge is 2.26. The van der Waals surface area contributed by atoms with E-state index >= 15 is 0 Å². The third-order valence-electron chi connectivity index (χ3n) is 6.68. The summed E-state index contributed by atoms with van der Waals surface area (Å²) in [7, 11) is 0. The van der Waals surface area contributed by atoms with E-state index in [4.69, 9.17) is 9.15 Å². The monoisotopic (exact) mass is 626 g/mol. The molecule has 6 rings (SSSR count). The Morgan fingerprint density at radius 2 is 1.89 bits per heavy atom. The van der Waals surface area contributed by atoms with Crippen LogP contribution in [0.1, 0.15) is 37.3 Å². The molecule has 0 spiro atoms. The first kappa shape index (κ1) is 24.6. The zero-order chi connectivity index (χ0) is 26.2. The average Bonchev–Trinajstić information content (AvgIpc) is 3.53. The molecular formula is C26H24FIN8O2. The van der Waals surface area contributed by atoms with Crippen molar-refractivity contribution in [3.8, 4) is 23.1 Å². The number of rotatable bonds is 6. The van der Waals surface area contributed by atoms with Crippen LogP contribution in [0, 0.1) is 16.3 Å². The van der Waals surface area contributed by atoms with Gasteiger partial charge in [0.15, 0.2) is 11.6 Å². The van der Waals surface area contributed by atoms with Crippen molar-refractivity contribution in [2.75, 3.05) is 18.0 Å². The number of ether oxygens (including phenoxy) is 1. The van der Waals surface area contributed by atoms with Crippen molar-refractivity contribution in [1.82, 2.24) is 34.7 Å². The van der Waals surface area contributed by atoms with Crippen LogP contribution in [-0.4, -0.2) is 47.8 Å². The van der Waals surface area contributed by atoms with Crippen molar-refractivity contribution in [1.29, 1.82) is 0 Å². The number of aromatic nitrogens is 7. The number of anilines is 1. The number of hydrogen-bond donors (Lipinski definition) is 0. The maximum Gasteiger partial charge on any atom is 0.247 e. The fourth-order valence-corrected chi connectivity index (χ4v) is 5.41. The molecule has 1 saturated heterocycles. The quantitative estimate of drug-likeness (QED) is 0.225. The van der Waals surface area contributed by atoms with Gasteiger partial charge >= 0.3 is 0 Å². The maximum atomic E-state index is 15.0. The largest absolute Gasteiger partial charge is 0.435 e. The minimum Gasteiger partial charge on any atom is -0.435 e. The van der Waals surface area contributed by atoms with Gasteiger partial charge in [-0.3, -0.25) is 0 Å². The van der Waals surface area contributed by atoms with Gasteiger partial charge in [0.1, 0.15) is 12.0 Å². The molecule has 0 aliphatic carbocycles. The van der Waals surface area contributed by atoms with E-state index in [9.17, 15) is 4.39 Å². The van der Waals surface area contributed by atoms with Gasteiger partial charge in [-0.05, 0) is 65.6 Å². The molecule has 1 aliphatic heterocycles. The molecule has 0 atom stereocenters. The molecule has 0 radical (unpaired) electrons. The van der Waals surface area contributed by atoms with Gasteiger partial charge in [0, 0.05) is 53.8 Å². The Morgan fingerprint density at radius 1 is 1.11 bits per heavy atom. The van der Waals surface area contributed by atoms with Crippen molar-refractivity contribution < 1.29 is 13.5 Å². The number of fused-ring (bicyclic) bond motifs is 1. The topological polar surface area (TPSA) is 108 Å². The van der Waals surface area contributed by atoms with Gasteiger partial charge in [0.05, 0.1) is 5.39 Å². The smallest absolute Gasteiger partial charge is 0.247 e. The second kappa shape index (κ2) is 10.2. The van der Waals surface area contributed by atoms with E-state index in [-0.39, 0.29) is 17.7 Å². The zero-order valence-electron chi connectivity index (χ0n) is 20.8. The Labute approximate surface area is 231 Å². The normalized spacial score (nSPS) is 14.4. The molecule has 1 aromatic carbocycles. The minimum atomic E-state index is -0.555. The number of halogens is 2. The first-order valence-corrected chi connectivity index (χ1v) is 13.4. The SMILES string of the molecule is CCc1cnc(N2CCC(n3cc(I)c4c(Oc5ccc(-c6nnc(C)o6)cc5F)ncnc43)CC2)nc1. The average molecular weight is 626 g/mol. The summed E-state index contributed by atoms with van der Waals surface area (Å²) in [5, 5.41) is 8.49. The third kappa shape index (κ3) is 4.68. The Kier molecular flexibility index (Phi) is 6.64. The number of nitrogens with zero attached hydrogens (tertiary/aromatic N) is 8. The lowest BCUT2D eigenvalue weighted by molar-refractivity contribution is 0.400. The molecule has 0 N–H and O–H groups in total. The fraction of sp³-hybridized carbons (Fsp3) is 0.308. The summed E-state index contributed by atoms with van der Waals surface area (Å²) >= 11 is 2.25. The number of benzene rings is 1. The molecule has 0 unspecified atom stereocenters. The van der Waals surface area contributed by atoms with Crippen molar-refractivity contribution >= 4 is 39.6 Å². The fourth-order valence-electron chi connectivity index (χ4n) is 4.64. The van der Waals surface area contributed by atoms with E-state index < -0.39 is 5.82 Å². The van der Waals surface area contributed by atoms with Crippen LogP contribution in [0.15, 0.2) is 47.5 Å². The molecule has 0 amide bonds. The van der Waals surface area contributed by atoms with Crippen LogP contribution < -0.4 is 9.64 Å². The van der Waals surface area contributed by atoms with E-state index in [1.54, 1.807) is 13.0 Å². The van der Waals surface area contributed by atoms with E-state index in [1.807, 2.05) is 12.4 Å². The molecule has 38 heavy (non-hydrogen) atoms. The molecule has 10 nitrogen and oxygen atoms in total. The summed E-state index contributed by atoms with van der Waals surface area (Å²) in [5.74, 6) is 1.23. The van der Waals surface area contributed by atoms with E-state index in [0.717, 1.165) is 58.5 Å². The van der Waals surface area contributed by atoms with Gasteiger partial charge in [0.25, 0.3) is 0 Å². The number of aryl methyl sites for hydroxylation is 2. The van der Waals surface area contributed by atoms with Gasteiger partial charge in [-0.1, -0.05) is 6.92 Å². The summed E-state index contributed by atoms with van der Waals surface area (Å²) < 4.78 is 29.4. The standard InChI is InChI=1S/C26H24FIN8O2/c1-3-16-11-29-26(30-12-16)35-8-6-18(7-9-35)36-13-20(28)22-23(36)31-14-32-25(22)38-21-5-4-17(10-19(21)27)24-34-33-15(2)37-24/h4-5,10-14,18H,3,6-9H2,1-2H3. The van der Waals surface area contributed by atoms with E-state index in [2.05, 4.69) is 75.3 Å².